The van der Waals surface area contributed by atoms with Crippen molar-refractivity contribution in [2.45, 2.75) is 52.6 Å². The normalized spacial score (nSPS) is 13.8. The van der Waals surface area contributed by atoms with Crippen molar-refractivity contribution in [3.05, 3.63) is 34.4 Å². The van der Waals surface area contributed by atoms with Crippen LogP contribution >= 0.6 is 0 Å². The first-order chi connectivity index (χ1) is 7.75. The molecular formula is C15H25NO. The van der Waals surface area contributed by atoms with Gasteiger partial charge in [0.25, 0.3) is 0 Å². The van der Waals surface area contributed by atoms with Crippen LogP contribution in [-0.4, -0.2) is 17.8 Å². The van der Waals surface area contributed by atoms with Crippen molar-refractivity contribution in [3.63, 3.8) is 0 Å². The highest BCUT2D eigenvalue weighted by Gasteiger charge is 2.17. The third kappa shape index (κ3) is 3.55. The largest absolute Gasteiger partial charge is 0.391 e. The minimum atomic E-state index is -0.437. The van der Waals surface area contributed by atoms with Gasteiger partial charge in [-0.25, -0.2) is 0 Å². The first-order valence-corrected chi connectivity index (χ1v) is 6.24. The predicted octanol–water partition coefficient (Wildman–Crippen LogP) is 2.46. The Morgan fingerprint density at radius 2 is 1.65 bits per heavy atom. The number of aliphatic hydroxyl groups excluding tert-OH is 1. The molecule has 2 heteroatoms. The highest BCUT2D eigenvalue weighted by molar-refractivity contribution is 5.40. The predicted molar refractivity (Wildman–Crippen MR) is 73.4 cm³/mol. The van der Waals surface area contributed by atoms with E-state index in [4.69, 9.17) is 5.73 Å². The summed E-state index contributed by atoms with van der Waals surface area (Å²) in [5.41, 5.74) is 10.7. The highest BCUT2D eigenvalue weighted by Crippen LogP contribution is 2.27. The third-order valence-corrected chi connectivity index (χ3v) is 3.27. The fourth-order valence-electron chi connectivity index (χ4n) is 2.07. The van der Waals surface area contributed by atoms with Crippen molar-refractivity contribution in [2.75, 3.05) is 6.54 Å². The quantitative estimate of drug-likeness (QED) is 0.845. The zero-order chi connectivity index (χ0) is 13.2. The first kappa shape index (κ1) is 14.2. The van der Waals surface area contributed by atoms with Crippen LogP contribution in [0, 0.1) is 13.8 Å². The Morgan fingerprint density at radius 3 is 2.00 bits per heavy atom. The molecule has 17 heavy (non-hydrogen) atoms. The van der Waals surface area contributed by atoms with Crippen LogP contribution in [0.1, 0.15) is 43.0 Å². The maximum atomic E-state index is 9.66. The smallest absolute Gasteiger partial charge is 0.0702 e. The van der Waals surface area contributed by atoms with Gasteiger partial charge in [0.1, 0.15) is 0 Å². The second-order valence-corrected chi connectivity index (χ2v) is 5.93. The van der Waals surface area contributed by atoms with E-state index < -0.39 is 6.10 Å². The van der Waals surface area contributed by atoms with Crippen LogP contribution in [0.3, 0.4) is 0 Å². The summed E-state index contributed by atoms with van der Waals surface area (Å²) in [6.45, 7) is 11.2. The van der Waals surface area contributed by atoms with Crippen molar-refractivity contribution in [1.82, 2.24) is 0 Å². The number of aliphatic hydroxyl groups is 1. The van der Waals surface area contributed by atoms with Crippen LogP contribution in [0.4, 0.5) is 0 Å². The van der Waals surface area contributed by atoms with Gasteiger partial charge in [0.05, 0.1) is 6.10 Å². The highest BCUT2D eigenvalue weighted by atomic mass is 16.3. The van der Waals surface area contributed by atoms with E-state index in [1.165, 1.54) is 22.3 Å². The monoisotopic (exact) mass is 235 g/mol. The lowest BCUT2D eigenvalue weighted by Gasteiger charge is -2.23. The molecule has 0 spiro atoms. The summed E-state index contributed by atoms with van der Waals surface area (Å²) in [7, 11) is 0. The van der Waals surface area contributed by atoms with Crippen molar-refractivity contribution < 1.29 is 5.11 Å². The summed E-state index contributed by atoms with van der Waals surface area (Å²) >= 11 is 0. The fourth-order valence-corrected chi connectivity index (χ4v) is 2.07. The minimum absolute atomic E-state index is 0.167. The van der Waals surface area contributed by atoms with Crippen molar-refractivity contribution in [2.24, 2.45) is 5.73 Å². The molecule has 1 rings (SSSR count). The summed E-state index contributed by atoms with van der Waals surface area (Å²) in [5, 5.41) is 9.66. The van der Waals surface area contributed by atoms with Crippen LogP contribution in [0.15, 0.2) is 12.1 Å². The molecule has 0 aliphatic carbocycles. The average molecular weight is 235 g/mol. The number of rotatable bonds is 3. The zero-order valence-corrected chi connectivity index (χ0v) is 11.7. The van der Waals surface area contributed by atoms with Gasteiger partial charge in [-0.1, -0.05) is 32.9 Å². The van der Waals surface area contributed by atoms with Gasteiger partial charge in [0, 0.05) is 13.0 Å². The summed E-state index contributed by atoms with van der Waals surface area (Å²) in [5.74, 6) is 0. The van der Waals surface area contributed by atoms with E-state index in [-0.39, 0.29) is 5.41 Å². The Kier molecular flexibility index (Phi) is 4.34. The average Bonchev–Trinajstić information content (AvgIpc) is 2.21. The molecule has 1 aromatic rings. The molecule has 1 aromatic carbocycles. The van der Waals surface area contributed by atoms with E-state index in [0.29, 0.717) is 13.0 Å². The second kappa shape index (κ2) is 5.19. The lowest BCUT2D eigenvalue weighted by molar-refractivity contribution is 0.183. The van der Waals surface area contributed by atoms with Crippen LogP contribution in [0.25, 0.3) is 0 Å². The Balaban J connectivity index is 3.11. The van der Waals surface area contributed by atoms with E-state index >= 15 is 0 Å². The van der Waals surface area contributed by atoms with Gasteiger partial charge < -0.3 is 10.8 Å². The van der Waals surface area contributed by atoms with Crippen LogP contribution in [-0.2, 0) is 11.8 Å². The molecule has 1 unspecified atom stereocenters. The second-order valence-electron chi connectivity index (χ2n) is 5.93. The standard InChI is InChI=1S/C15H25NO/c1-10-6-12(15(3,4)5)7-11(2)14(10)8-13(17)9-16/h6-7,13,17H,8-9,16H2,1-5H3. The summed E-state index contributed by atoms with van der Waals surface area (Å²) in [6.07, 6.45) is 0.214. The molecule has 0 amide bonds. The lowest BCUT2D eigenvalue weighted by Crippen LogP contribution is -2.23. The summed E-state index contributed by atoms with van der Waals surface area (Å²) in [4.78, 5) is 0. The fraction of sp³-hybridized carbons (Fsp3) is 0.600. The number of benzene rings is 1. The molecule has 0 saturated heterocycles. The molecule has 3 N–H and O–H groups in total. The van der Waals surface area contributed by atoms with Crippen molar-refractivity contribution >= 4 is 0 Å². The summed E-state index contributed by atoms with van der Waals surface area (Å²) < 4.78 is 0. The summed E-state index contributed by atoms with van der Waals surface area (Å²) in [6, 6.07) is 4.46. The third-order valence-electron chi connectivity index (χ3n) is 3.27. The van der Waals surface area contributed by atoms with E-state index in [1.807, 2.05) is 0 Å². The molecule has 0 aliphatic rings. The van der Waals surface area contributed by atoms with Crippen molar-refractivity contribution in [1.29, 1.82) is 0 Å². The maximum Gasteiger partial charge on any atom is 0.0702 e. The molecule has 0 aromatic heterocycles. The molecule has 0 heterocycles. The molecule has 96 valence electrons. The number of hydrogen-bond donors (Lipinski definition) is 2. The molecule has 1 atom stereocenters. The molecule has 0 bridgehead atoms. The number of hydrogen-bond acceptors (Lipinski definition) is 2. The topological polar surface area (TPSA) is 46.2 Å². The molecule has 0 fully saturated rings. The van der Waals surface area contributed by atoms with E-state index in [1.54, 1.807) is 0 Å². The molecule has 2 nitrogen and oxygen atoms in total. The minimum Gasteiger partial charge on any atom is -0.391 e. The van der Waals surface area contributed by atoms with Crippen LogP contribution in [0.5, 0.6) is 0 Å². The van der Waals surface area contributed by atoms with Crippen LogP contribution < -0.4 is 5.73 Å². The Hall–Kier alpha value is -0.860. The van der Waals surface area contributed by atoms with Gasteiger partial charge in [0.15, 0.2) is 0 Å². The number of aryl methyl sites for hydroxylation is 2. The Morgan fingerprint density at radius 1 is 1.18 bits per heavy atom. The zero-order valence-electron chi connectivity index (χ0n) is 11.7. The van der Waals surface area contributed by atoms with E-state index in [2.05, 4.69) is 46.8 Å². The van der Waals surface area contributed by atoms with Gasteiger partial charge in [0.2, 0.25) is 0 Å². The first-order valence-electron chi connectivity index (χ1n) is 6.24. The van der Waals surface area contributed by atoms with Gasteiger partial charge in [-0.15, -0.1) is 0 Å². The Bertz CT molecular complexity index is 367. The number of nitrogens with two attached hydrogens (primary N) is 1. The SMILES string of the molecule is Cc1cc(C(C)(C)C)cc(C)c1CC(O)CN. The van der Waals surface area contributed by atoms with Crippen molar-refractivity contribution in [3.8, 4) is 0 Å². The van der Waals surface area contributed by atoms with Gasteiger partial charge in [-0.2, -0.15) is 0 Å². The van der Waals surface area contributed by atoms with Gasteiger partial charge in [-0.05, 0) is 41.5 Å². The Labute approximate surface area is 105 Å². The van der Waals surface area contributed by atoms with E-state index in [9.17, 15) is 5.11 Å². The van der Waals surface area contributed by atoms with E-state index in [0.717, 1.165) is 0 Å². The molecule has 0 aliphatic heterocycles. The van der Waals surface area contributed by atoms with Crippen LogP contribution in [0.2, 0.25) is 0 Å². The molecule has 0 radical (unpaired) electrons. The molecule has 0 saturated carbocycles. The maximum absolute atomic E-state index is 9.66. The molecular weight excluding hydrogens is 210 g/mol. The van der Waals surface area contributed by atoms with Gasteiger partial charge in [-0.3, -0.25) is 0 Å². The van der Waals surface area contributed by atoms with Gasteiger partial charge >= 0.3 is 0 Å². The lowest BCUT2D eigenvalue weighted by atomic mass is 9.83.